The van der Waals surface area contributed by atoms with E-state index in [2.05, 4.69) is 10.3 Å². The summed E-state index contributed by atoms with van der Waals surface area (Å²) in [6, 6.07) is 0.199. The van der Waals surface area contributed by atoms with Gasteiger partial charge in [-0.1, -0.05) is 31.0 Å². The van der Waals surface area contributed by atoms with Crippen molar-refractivity contribution in [3.05, 3.63) is 0 Å². The van der Waals surface area contributed by atoms with Crippen LogP contribution in [0, 0.1) is 0 Å². The highest BCUT2D eigenvalue weighted by molar-refractivity contribution is 8.14. The number of amides is 1. The Kier molecular flexibility index (Phi) is 6.04. The van der Waals surface area contributed by atoms with Gasteiger partial charge in [-0.15, -0.1) is 0 Å². The zero-order valence-corrected chi connectivity index (χ0v) is 10.8. The third-order valence-corrected chi connectivity index (χ3v) is 3.53. The van der Waals surface area contributed by atoms with Crippen LogP contribution in [0.2, 0.25) is 0 Å². The minimum Gasteiger partial charge on any atom is -0.465 e. The number of hydrogen-bond acceptors (Lipinski definition) is 4. The number of carboxylic acid groups (broad SMARTS) is 1. The first-order valence-electron chi connectivity index (χ1n) is 5.78. The fourth-order valence-electron chi connectivity index (χ4n) is 1.74. The lowest BCUT2D eigenvalue weighted by atomic mass is 9.96. The summed E-state index contributed by atoms with van der Waals surface area (Å²) < 4.78 is 0. The number of ketones is 1. The molecule has 0 saturated heterocycles. The molecule has 2 N–H and O–H groups in total. The second-order valence-electron chi connectivity index (χ2n) is 4.15. The van der Waals surface area contributed by atoms with Crippen LogP contribution in [0.15, 0.2) is 4.99 Å². The van der Waals surface area contributed by atoms with Crippen LogP contribution in [0.1, 0.15) is 39.0 Å². The molecule has 1 aliphatic rings. The van der Waals surface area contributed by atoms with Gasteiger partial charge in [0.05, 0.1) is 11.8 Å². The molecule has 0 heterocycles. The smallest absolute Gasteiger partial charge is 0.410 e. The molecular formula is C11H18N2O3S. The molecule has 17 heavy (non-hydrogen) atoms. The first kappa shape index (κ1) is 14.0. The molecule has 0 bridgehead atoms. The Balaban J connectivity index is 2.55. The quantitative estimate of drug-likeness (QED) is 0.601. The minimum atomic E-state index is -1.13. The zero-order chi connectivity index (χ0) is 12.7. The van der Waals surface area contributed by atoms with Crippen LogP contribution in [0.3, 0.4) is 0 Å². The van der Waals surface area contributed by atoms with Gasteiger partial charge in [-0.25, -0.2) is 4.79 Å². The third-order valence-electron chi connectivity index (χ3n) is 2.50. The van der Waals surface area contributed by atoms with Crippen molar-refractivity contribution in [3.8, 4) is 0 Å². The van der Waals surface area contributed by atoms with Crippen LogP contribution in [0.25, 0.3) is 0 Å². The SMILES string of the molecule is CC(=O)CSC(=NC1CCCCC1)NC(=O)O. The highest BCUT2D eigenvalue weighted by atomic mass is 32.2. The first-order chi connectivity index (χ1) is 8.08. The second kappa shape index (κ2) is 7.32. The maximum Gasteiger partial charge on any atom is 0.410 e. The molecule has 1 saturated carbocycles. The average Bonchev–Trinajstić information content (AvgIpc) is 2.26. The number of carbonyl (C=O) groups excluding carboxylic acids is 1. The topological polar surface area (TPSA) is 78.8 Å². The molecule has 1 fully saturated rings. The van der Waals surface area contributed by atoms with Gasteiger partial charge in [0.15, 0.2) is 5.17 Å². The highest BCUT2D eigenvalue weighted by Gasteiger charge is 2.14. The molecule has 0 atom stereocenters. The van der Waals surface area contributed by atoms with Crippen LogP contribution < -0.4 is 5.32 Å². The van der Waals surface area contributed by atoms with E-state index in [1.807, 2.05) is 0 Å². The first-order valence-corrected chi connectivity index (χ1v) is 6.76. The molecule has 0 radical (unpaired) electrons. The maximum absolute atomic E-state index is 10.9. The van der Waals surface area contributed by atoms with E-state index in [1.54, 1.807) is 0 Å². The number of Topliss-reactive ketones (excluding diaryl/α,β-unsaturated/α-hetero) is 1. The Morgan fingerprint density at radius 3 is 2.53 bits per heavy atom. The molecule has 0 aromatic heterocycles. The molecule has 96 valence electrons. The number of nitrogens with one attached hydrogen (secondary N) is 1. The number of hydrogen-bond donors (Lipinski definition) is 2. The van der Waals surface area contributed by atoms with Gasteiger partial charge in [-0.2, -0.15) is 0 Å². The van der Waals surface area contributed by atoms with Crippen molar-refractivity contribution < 1.29 is 14.7 Å². The predicted molar refractivity (Wildman–Crippen MR) is 68.6 cm³/mol. The fraction of sp³-hybridized carbons (Fsp3) is 0.727. The Morgan fingerprint density at radius 1 is 1.35 bits per heavy atom. The lowest BCUT2D eigenvalue weighted by Crippen LogP contribution is -2.29. The standard InChI is InChI=1S/C11H18N2O3S/c1-8(14)7-17-10(13-11(15)16)12-9-5-3-2-4-6-9/h9H,2-7H2,1H3,(H,12,13)(H,15,16). The molecule has 0 aromatic carbocycles. The molecule has 0 spiro atoms. The van der Waals surface area contributed by atoms with E-state index in [9.17, 15) is 9.59 Å². The summed E-state index contributed by atoms with van der Waals surface area (Å²) in [7, 11) is 0. The van der Waals surface area contributed by atoms with Gasteiger partial charge in [-0.05, 0) is 19.8 Å². The number of rotatable bonds is 3. The maximum atomic E-state index is 10.9. The number of thioether (sulfide) groups is 1. The minimum absolute atomic E-state index is 0.0125. The fourth-order valence-corrected chi connectivity index (χ4v) is 2.47. The largest absolute Gasteiger partial charge is 0.465 e. The summed E-state index contributed by atoms with van der Waals surface area (Å²) in [5, 5.41) is 11.3. The van der Waals surface area contributed by atoms with E-state index in [0.29, 0.717) is 5.17 Å². The lowest BCUT2D eigenvalue weighted by molar-refractivity contribution is -0.114. The number of aliphatic imine (C=N–C) groups is 1. The van der Waals surface area contributed by atoms with Crippen molar-refractivity contribution in [1.29, 1.82) is 0 Å². The van der Waals surface area contributed by atoms with E-state index in [0.717, 1.165) is 37.4 Å². The molecule has 1 aliphatic carbocycles. The zero-order valence-electron chi connectivity index (χ0n) is 9.94. The van der Waals surface area contributed by atoms with E-state index >= 15 is 0 Å². The van der Waals surface area contributed by atoms with Gasteiger partial charge in [-0.3, -0.25) is 15.1 Å². The van der Waals surface area contributed by atoms with Crippen LogP contribution in [0.4, 0.5) is 4.79 Å². The van der Waals surface area contributed by atoms with Crippen LogP contribution in [-0.4, -0.2) is 33.9 Å². The normalized spacial score (nSPS) is 17.8. The van der Waals surface area contributed by atoms with Crippen LogP contribution >= 0.6 is 11.8 Å². The summed E-state index contributed by atoms with van der Waals surface area (Å²) in [6.45, 7) is 1.48. The number of nitrogens with zero attached hydrogens (tertiary/aromatic N) is 1. The van der Waals surface area contributed by atoms with Crippen LogP contribution in [-0.2, 0) is 4.79 Å². The van der Waals surface area contributed by atoms with E-state index in [1.165, 1.54) is 13.3 Å². The summed E-state index contributed by atoms with van der Waals surface area (Å²) in [5.41, 5.74) is 0. The molecule has 1 amide bonds. The van der Waals surface area contributed by atoms with Gasteiger partial charge in [0, 0.05) is 0 Å². The molecule has 1 rings (SSSR count). The number of amidine groups is 1. The van der Waals surface area contributed by atoms with Crippen molar-refractivity contribution in [1.82, 2.24) is 5.32 Å². The van der Waals surface area contributed by atoms with Gasteiger partial charge >= 0.3 is 6.09 Å². The van der Waals surface area contributed by atoms with E-state index in [-0.39, 0.29) is 17.6 Å². The van der Waals surface area contributed by atoms with Gasteiger partial charge in [0.25, 0.3) is 0 Å². The molecule has 6 heteroatoms. The summed E-state index contributed by atoms with van der Waals surface area (Å²) >= 11 is 1.16. The Bertz CT molecular complexity index is 312. The van der Waals surface area contributed by atoms with E-state index < -0.39 is 6.09 Å². The Hall–Kier alpha value is -1.04. The molecular weight excluding hydrogens is 240 g/mol. The molecule has 5 nitrogen and oxygen atoms in total. The van der Waals surface area contributed by atoms with Crippen molar-refractivity contribution in [2.24, 2.45) is 4.99 Å². The average molecular weight is 258 g/mol. The molecule has 0 unspecified atom stereocenters. The summed E-state index contributed by atoms with van der Waals surface area (Å²) in [6.07, 6.45) is 4.40. The lowest BCUT2D eigenvalue weighted by Gasteiger charge is -2.18. The van der Waals surface area contributed by atoms with Gasteiger partial charge in [0.1, 0.15) is 5.78 Å². The second-order valence-corrected chi connectivity index (χ2v) is 5.11. The van der Waals surface area contributed by atoms with Crippen molar-refractivity contribution >= 4 is 28.8 Å². The Morgan fingerprint density at radius 2 is 2.00 bits per heavy atom. The summed E-state index contributed by atoms with van der Waals surface area (Å²) in [4.78, 5) is 25.9. The van der Waals surface area contributed by atoms with Gasteiger partial charge < -0.3 is 5.11 Å². The van der Waals surface area contributed by atoms with E-state index in [4.69, 9.17) is 5.11 Å². The van der Waals surface area contributed by atoms with Crippen molar-refractivity contribution in [3.63, 3.8) is 0 Å². The molecule has 0 aliphatic heterocycles. The number of carbonyl (C=O) groups is 2. The monoisotopic (exact) mass is 258 g/mol. The van der Waals surface area contributed by atoms with Gasteiger partial charge in [0.2, 0.25) is 0 Å². The van der Waals surface area contributed by atoms with Crippen molar-refractivity contribution in [2.75, 3.05) is 5.75 Å². The molecule has 0 aromatic rings. The third kappa shape index (κ3) is 6.31. The Labute approximate surface area is 105 Å². The highest BCUT2D eigenvalue weighted by Crippen LogP contribution is 2.21. The summed E-state index contributed by atoms with van der Waals surface area (Å²) in [5.74, 6) is 0.268. The predicted octanol–water partition coefficient (Wildman–Crippen LogP) is 2.26. The van der Waals surface area contributed by atoms with Crippen molar-refractivity contribution in [2.45, 2.75) is 45.1 Å². The van der Waals surface area contributed by atoms with Crippen LogP contribution in [0.5, 0.6) is 0 Å².